The minimum Gasteiger partial charge on any atom is -0.330 e. The fraction of sp³-hybridized carbons (Fsp3) is 0.182. The molecule has 2 heterocycles. The lowest BCUT2D eigenvalue weighted by Gasteiger charge is -2.05. The zero-order valence-corrected chi connectivity index (χ0v) is 18.5. The molecule has 0 aliphatic carbocycles. The second kappa shape index (κ2) is 9.15. The zero-order chi connectivity index (χ0) is 22.7. The summed E-state index contributed by atoms with van der Waals surface area (Å²) in [5, 5.41) is 15.6. The molecular weight excluding hydrogens is 428 g/mol. The van der Waals surface area contributed by atoms with Crippen LogP contribution in [0.4, 0.5) is 5.69 Å². The summed E-state index contributed by atoms with van der Waals surface area (Å²) in [6, 6.07) is 14.5. The highest BCUT2D eigenvalue weighted by atomic mass is 32.2. The fourth-order valence-corrected chi connectivity index (χ4v) is 3.59. The van der Waals surface area contributed by atoms with Gasteiger partial charge in [-0.05, 0) is 38.1 Å². The summed E-state index contributed by atoms with van der Waals surface area (Å²) >= 11 is 1.24. The number of rotatable bonds is 7. The van der Waals surface area contributed by atoms with Crippen molar-refractivity contribution in [2.45, 2.75) is 19.0 Å². The molecule has 1 amide bonds. The van der Waals surface area contributed by atoms with Crippen LogP contribution in [-0.4, -0.2) is 42.3 Å². The van der Waals surface area contributed by atoms with E-state index in [1.54, 1.807) is 35.9 Å². The number of Topliss-reactive ketones (excluding diaryl/α,β-unsaturated/α-hetero) is 1. The number of thioether (sulfide) groups is 1. The third kappa shape index (κ3) is 4.75. The van der Waals surface area contributed by atoms with E-state index in [4.69, 9.17) is 4.52 Å². The zero-order valence-electron chi connectivity index (χ0n) is 17.7. The smallest absolute Gasteiger partial charge is 0.296 e. The highest BCUT2D eigenvalue weighted by molar-refractivity contribution is 7.99. The van der Waals surface area contributed by atoms with Gasteiger partial charge < -0.3 is 14.4 Å². The molecule has 0 saturated heterocycles. The number of anilines is 1. The van der Waals surface area contributed by atoms with Gasteiger partial charge >= 0.3 is 0 Å². The Morgan fingerprint density at radius 3 is 2.47 bits per heavy atom. The Balaban J connectivity index is 1.39. The van der Waals surface area contributed by atoms with Crippen LogP contribution in [0.5, 0.6) is 0 Å². The van der Waals surface area contributed by atoms with Gasteiger partial charge in [-0.1, -0.05) is 46.7 Å². The lowest BCUT2D eigenvalue weighted by Crippen LogP contribution is -2.14. The number of carbonyl (C=O) groups is 2. The first-order valence-electron chi connectivity index (χ1n) is 9.75. The highest BCUT2D eigenvalue weighted by Gasteiger charge is 2.19. The monoisotopic (exact) mass is 448 g/mol. The van der Waals surface area contributed by atoms with Crippen LogP contribution in [-0.2, 0) is 11.8 Å². The second-order valence-electron chi connectivity index (χ2n) is 7.12. The third-order valence-corrected chi connectivity index (χ3v) is 5.69. The Kier molecular flexibility index (Phi) is 6.13. The molecule has 0 radical (unpaired) electrons. The van der Waals surface area contributed by atoms with Gasteiger partial charge in [0.25, 0.3) is 5.89 Å². The van der Waals surface area contributed by atoms with Gasteiger partial charge in [-0.25, -0.2) is 0 Å². The van der Waals surface area contributed by atoms with Crippen LogP contribution in [0.2, 0.25) is 0 Å². The van der Waals surface area contributed by atoms with Crippen LogP contribution in [0.15, 0.2) is 58.2 Å². The van der Waals surface area contributed by atoms with E-state index in [2.05, 4.69) is 25.7 Å². The van der Waals surface area contributed by atoms with Crippen molar-refractivity contribution >= 4 is 29.1 Å². The lowest BCUT2D eigenvalue weighted by molar-refractivity contribution is -0.113. The van der Waals surface area contributed by atoms with Crippen LogP contribution in [0.1, 0.15) is 22.8 Å². The maximum atomic E-state index is 12.3. The summed E-state index contributed by atoms with van der Waals surface area (Å²) in [6.45, 7) is 3.51. The number of aryl methyl sites for hydroxylation is 1. The third-order valence-electron chi connectivity index (χ3n) is 4.67. The topological polar surface area (TPSA) is 116 Å². The van der Waals surface area contributed by atoms with Gasteiger partial charge in [0, 0.05) is 23.9 Å². The SMILES string of the molecule is CC(=O)c1ccc(NC(=O)CSc2nnc(-c3nc(-c4ccc(C)cc4)no3)n2C)cc1. The molecule has 4 rings (SSSR count). The van der Waals surface area contributed by atoms with E-state index in [9.17, 15) is 9.59 Å². The van der Waals surface area contributed by atoms with Gasteiger partial charge in [0.15, 0.2) is 10.9 Å². The minimum absolute atomic E-state index is 0.0243. The molecule has 9 nitrogen and oxygen atoms in total. The molecule has 0 atom stereocenters. The van der Waals surface area contributed by atoms with Gasteiger partial charge in [-0.2, -0.15) is 4.98 Å². The molecule has 0 spiro atoms. The minimum atomic E-state index is -0.199. The molecule has 2 aromatic carbocycles. The molecule has 1 N–H and O–H groups in total. The van der Waals surface area contributed by atoms with Crippen LogP contribution in [0.3, 0.4) is 0 Å². The van der Waals surface area contributed by atoms with E-state index in [0.29, 0.717) is 28.1 Å². The van der Waals surface area contributed by atoms with Crippen molar-refractivity contribution in [3.8, 4) is 23.1 Å². The van der Waals surface area contributed by atoms with E-state index < -0.39 is 0 Å². The molecule has 2 aromatic heterocycles. The van der Waals surface area contributed by atoms with E-state index in [-0.39, 0.29) is 23.3 Å². The summed E-state index contributed by atoms with van der Waals surface area (Å²) in [6.07, 6.45) is 0. The molecule has 162 valence electrons. The number of carbonyl (C=O) groups excluding carboxylic acids is 2. The first-order valence-corrected chi connectivity index (χ1v) is 10.7. The van der Waals surface area contributed by atoms with Crippen LogP contribution < -0.4 is 5.32 Å². The van der Waals surface area contributed by atoms with Gasteiger partial charge in [-0.15, -0.1) is 10.2 Å². The maximum Gasteiger partial charge on any atom is 0.296 e. The van der Waals surface area contributed by atoms with Crippen molar-refractivity contribution in [3.63, 3.8) is 0 Å². The molecule has 0 unspecified atom stereocenters. The van der Waals surface area contributed by atoms with Crippen LogP contribution in [0.25, 0.3) is 23.1 Å². The molecule has 0 bridgehead atoms. The number of aromatic nitrogens is 5. The summed E-state index contributed by atoms with van der Waals surface area (Å²) in [4.78, 5) is 28.0. The van der Waals surface area contributed by atoms with Crippen molar-refractivity contribution < 1.29 is 14.1 Å². The van der Waals surface area contributed by atoms with Crippen molar-refractivity contribution in [2.75, 3.05) is 11.1 Å². The summed E-state index contributed by atoms with van der Waals surface area (Å²) in [5.41, 5.74) is 3.20. The fourth-order valence-electron chi connectivity index (χ4n) is 2.88. The Morgan fingerprint density at radius 2 is 1.78 bits per heavy atom. The molecule has 0 saturated carbocycles. The van der Waals surface area contributed by atoms with Crippen molar-refractivity contribution in [2.24, 2.45) is 7.05 Å². The number of hydrogen-bond donors (Lipinski definition) is 1. The number of nitrogens with zero attached hydrogens (tertiary/aromatic N) is 5. The number of amides is 1. The van der Waals surface area contributed by atoms with E-state index in [1.165, 1.54) is 18.7 Å². The molecule has 0 aliphatic rings. The van der Waals surface area contributed by atoms with E-state index >= 15 is 0 Å². The van der Waals surface area contributed by atoms with Gasteiger partial charge in [0.05, 0.1) is 5.75 Å². The predicted octanol–water partition coefficient (Wildman–Crippen LogP) is 3.77. The molecule has 4 aromatic rings. The van der Waals surface area contributed by atoms with E-state index in [1.807, 2.05) is 31.2 Å². The Bertz CT molecular complexity index is 1260. The van der Waals surface area contributed by atoms with Crippen LogP contribution >= 0.6 is 11.8 Å². The number of hydrogen-bond acceptors (Lipinski definition) is 8. The average Bonchev–Trinajstić information content (AvgIpc) is 3.40. The maximum absolute atomic E-state index is 12.3. The van der Waals surface area contributed by atoms with Crippen molar-refractivity contribution in [1.82, 2.24) is 24.9 Å². The van der Waals surface area contributed by atoms with E-state index in [0.717, 1.165) is 11.1 Å². The van der Waals surface area contributed by atoms with Gasteiger partial charge in [0.2, 0.25) is 17.6 Å². The molecule has 0 aliphatic heterocycles. The van der Waals surface area contributed by atoms with Crippen LogP contribution in [0, 0.1) is 6.92 Å². The molecule has 10 heteroatoms. The molecular formula is C22H20N6O3S. The first-order chi connectivity index (χ1) is 15.4. The lowest BCUT2D eigenvalue weighted by atomic mass is 10.1. The van der Waals surface area contributed by atoms with Gasteiger partial charge in [0.1, 0.15) is 0 Å². The Hall–Kier alpha value is -3.79. The molecule has 0 fully saturated rings. The standard InChI is InChI=1S/C22H20N6O3S/c1-13-4-6-16(7-5-13)19-24-21(31-27-19)20-25-26-22(28(20)3)32-12-18(30)23-17-10-8-15(9-11-17)14(2)29/h4-11H,12H2,1-3H3,(H,23,30). The first kappa shape index (κ1) is 21.4. The largest absolute Gasteiger partial charge is 0.330 e. The average molecular weight is 449 g/mol. The summed E-state index contributed by atoms with van der Waals surface area (Å²) < 4.78 is 7.06. The highest BCUT2D eigenvalue weighted by Crippen LogP contribution is 2.24. The normalized spacial score (nSPS) is 10.8. The number of ketones is 1. The van der Waals surface area contributed by atoms with Crippen molar-refractivity contribution in [3.05, 3.63) is 59.7 Å². The number of nitrogens with one attached hydrogen (secondary N) is 1. The Morgan fingerprint density at radius 1 is 1.06 bits per heavy atom. The summed E-state index contributed by atoms with van der Waals surface area (Å²) in [5.74, 6) is 1.04. The number of benzene rings is 2. The predicted molar refractivity (Wildman–Crippen MR) is 120 cm³/mol. The van der Waals surface area contributed by atoms with Gasteiger partial charge in [-0.3, -0.25) is 9.59 Å². The second-order valence-corrected chi connectivity index (χ2v) is 8.07. The Labute approximate surface area is 188 Å². The summed E-state index contributed by atoms with van der Waals surface area (Å²) in [7, 11) is 1.77. The van der Waals surface area contributed by atoms with Crippen molar-refractivity contribution in [1.29, 1.82) is 0 Å². The molecule has 32 heavy (non-hydrogen) atoms. The quantitative estimate of drug-likeness (QED) is 0.335.